The molecule has 0 radical (unpaired) electrons. The Morgan fingerprint density at radius 2 is 1.68 bits per heavy atom. The van der Waals surface area contributed by atoms with Crippen molar-refractivity contribution in [2.45, 2.75) is 57.7 Å². The molecule has 1 aliphatic rings. The number of hydrogen-bond donors (Lipinski definition) is 4. The molecule has 0 saturated carbocycles. The molecule has 4 N–H and O–H groups in total. The van der Waals surface area contributed by atoms with Crippen LogP contribution in [0.5, 0.6) is 11.5 Å². The summed E-state index contributed by atoms with van der Waals surface area (Å²) in [6, 6.07) is 11.8. The van der Waals surface area contributed by atoms with Gasteiger partial charge in [-0.2, -0.15) is 0 Å². The fourth-order valence-electron chi connectivity index (χ4n) is 4.99. The van der Waals surface area contributed by atoms with Crippen LogP contribution in [0, 0.1) is 5.92 Å². The van der Waals surface area contributed by atoms with Crippen LogP contribution in [-0.2, 0) is 16.0 Å². The summed E-state index contributed by atoms with van der Waals surface area (Å²) >= 11 is 0. The minimum Gasteiger partial charge on any atom is -0.496 e. The maximum Gasteiger partial charge on any atom is 0.273 e. The summed E-state index contributed by atoms with van der Waals surface area (Å²) in [6.45, 7) is 3.95. The first kappa shape index (κ1) is 32.1. The molecule has 0 saturated heterocycles. The lowest BCUT2D eigenvalue weighted by Gasteiger charge is -2.27. The molecule has 0 spiro atoms. The van der Waals surface area contributed by atoms with Gasteiger partial charge in [0.15, 0.2) is 5.69 Å². The largest absolute Gasteiger partial charge is 0.496 e. The number of hydrogen-bond acceptors (Lipinski definition) is 8. The van der Waals surface area contributed by atoms with Crippen molar-refractivity contribution in [1.82, 2.24) is 26.3 Å². The molecule has 234 valence electrons. The van der Waals surface area contributed by atoms with E-state index in [1.165, 1.54) is 20.5 Å². The van der Waals surface area contributed by atoms with E-state index in [1.807, 2.05) is 44.2 Å². The van der Waals surface area contributed by atoms with Gasteiger partial charge < -0.3 is 35.2 Å². The maximum atomic E-state index is 13.7. The lowest BCUT2D eigenvalue weighted by atomic mass is 10.00. The van der Waals surface area contributed by atoms with Crippen LogP contribution in [0.25, 0.3) is 0 Å². The standard InChI is InChI=1S/C32H39N5O7/c1-19(2)27-31(41)35-22(17-20-11-6-5-7-12-20)32-36-23(18-44-32)28(38)33-16-9-8-13-21(29(39)37-27)34-30(40)26-24(42-3)14-10-15-25(26)43-4/h5-7,10-12,14-15,18-19,21-22,27H,8-9,13,16-17H2,1-4H3,(H,33,38)(H,34,40)(H,35,41)(H,37,39)/t21-,22+,27-/m0/s1. The van der Waals surface area contributed by atoms with E-state index in [0.29, 0.717) is 25.8 Å². The molecule has 4 rings (SSSR count). The Morgan fingerprint density at radius 1 is 0.977 bits per heavy atom. The van der Waals surface area contributed by atoms with E-state index in [4.69, 9.17) is 13.9 Å². The number of amides is 4. The fraction of sp³-hybridized carbons (Fsp3) is 0.406. The summed E-state index contributed by atoms with van der Waals surface area (Å²) in [7, 11) is 2.88. The van der Waals surface area contributed by atoms with Gasteiger partial charge in [0.2, 0.25) is 17.7 Å². The topological polar surface area (TPSA) is 161 Å². The third kappa shape index (κ3) is 7.94. The molecule has 1 aliphatic heterocycles. The highest BCUT2D eigenvalue weighted by Crippen LogP contribution is 2.28. The van der Waals surface area contributed by atoms with Gasteiger partial charge in [-0.05, 0) is 42.9 Å². The SMILES string of the molecule is COc1cccc(OC)c1C(=O)N[C@H]1CCCCNC(=O)c2coc(n2)[C@@H](Cc2ccccc2)NC(=O)[C@H](C(C)C)NC1=O. The number of ether oxygens (including phenoxy) is 2. The van der Waals surface area contributed by atoms with Crippen molar-refractivity contribution in [2.75, 3.05) is 20.8 Å². The van der Waals surface area contributed by atoms with Crippen molar-refractivity contribution < 1.29 is 33.1 Å². The number of oxazole rings is 1. The molecule has 44 heavy (non-hydrogen) atoms. The number of rotatable bonds is 7. The summed E-state index contributed by atoms with van der Waals surface area (Å²) in [4.78, 5) is 58.0. The lowest BCUT2D eigenvalue weighted by Crippen LogP contribution is -2.56. The molecule has 0 fully saturated rings. The summed E-state index contributed by atoms with van der Waals surface area (Å²) < 4.78 is 16.4. The van der Waals surface area contributed by atoms with Crippen LogP contribution in [0.4, 0.5) is 0 Å². The Morgan fingerprint density at radius 3 is 2.34 bits per heavy atom. The van der Waals surface area contributed by atoms with Gasteiger partial charge in [0, 0.05) is 13.0 Å². The smallest absolute Gasteiger partial charge is 0.273 e. The Balaban J connectivity index is 1.62. The van der Waals surface area contributed by atoms with Crippen molar-refractivity contribution >= 4 is 23.6 Å². The number of methoxy groups -OCH3 is 2. The molecule has 3 atom stereocenters. The van der Waals surface area contributed by atoms with Gasteiger partial charge in [-0.3, -0.25) is 19.2 Å². The van der Waals surface area contributed by atoms with Crippen molar-refractivity contribution in [1.29, 1.82) is 0 Å². The zero-order valence-corrected chi connectivity index (χ0v) is 25.3. The van der Waals surface area contributed by atoms with Crippen LogP contribution in [0.1, 0.15) is 71.5 Å². The molecule has 2 bridgehead atoms. The summed E-state index contributed by atoms with van der Waals surface area (Å²) in [5.41, 5.74) is 1.16. The van der Waals surface area contributed by atoms with E-state index in [-0.39, 0.29) is 41.0 Å². The summed E-state index contributed by atoms with van der Waals surface area (Å²) in [6.07, 6.45) is 2.88. The summed E-state index contributed by atoms with van der Waals surface area (Å²) in [5, 5.41) is 11.4. The first-order valence-electron chi connectivity index (χ1n) is 14.6. The Kier molecular flexibility index (Phi) is 11.0. The average molecular weight is 606 g/mol. The number of nitrogens with zero attached hydrogens (tertiary/aromatic N) is 1. The van der Waals surface area contributed by atoms with Crippen molar-refractivity contribution in [3.8, 4) is 11.5 Å². The van der Waals surface area contributed by atoms with Crippen LogP contribution in [-0.4, -0.2) is 61.5 Å². The molecular formula is C32H39N5O7. The van der Waals surface area contributed by atoms with Gasteiger partial charge in [0.25, 0.3) is 11.8 Å². The first-order valence-corrected chi connectivity index (χ1v) is 14.6. The molecule has 2 aromatic carbocycles. The number of nitrogens with one attached hydrogen (secondary N) is 4. The molecule has 4 amide bonds. The van der Waals surface area contributed by atoms with Gasteiger partial charge in [0.1, 0.15) is 41.5 Å². The third-order valence-corrected chi connectivity index (χ3v) is 7.38. The van der Waals surface area contributed by atoms with Gasteiger partial charge in [0.05, 0.1) is 14.2 Å². The second kappa shape index (κ2) is 15.0. The first-order chi connectivity index (χ1) is 21.2. The predicted molar refractivity (Wildman–Crippen MR) is 161 cm³/mol. The van der Waals surface area contributed by atoms with E-state index in [2.05, 4.69) is 26.3 Å². The molecule has 12 nitrogen and oxygen atoms in total. The molecule has 3 aromatic rings. The number of aromatic nitrogens is 1. The second-order valence-electron chi connectivity index (χ2n) is 10.9. The highest BCUT2D eigenvalue weighted by atomic mass is 16.5. The minimum atomic E-state index is -0.985. The number of carbonyl (C=O) groups is 4. The number of carbonyl (C=O) groups excluding carboxylic acids is 4. The molecule has 0 unspecified atom stereocenters. The van der Waals surface area contributed by atoms with Crippen LogP contribution in [0.2, 0.25) is 0 Å². The number of fused-ring (bicyclic) bond motifs is 2. The monoisotopic (exact) mass is 605 g/mol. The van der Waals surface area contributed by atoms with Gasteiger partial charge in [-0.25, -0.2) is 4.98 Å². The van der Waals surface area contributed by atoms with Gasteiger partial charge >= 0.3 is 0 Å². The van der Waals surface area contributed by atoms with Gasteiger partial charge in [-0.1, -0.05) is 50.2 Å². The maximum absolute atomic E-state index is 13.7. The highest BCUT2D eigenvalue weighted by Gasteiger charge is 2.32. The minimum absolute atomic E-state index is 0.101. The fourth-order valence-corrected chi connectivity index (χ4v) is 4.99. The van der Waals surface area contributed by atoms with E-state index in [1.54, 1.807) is 18.2 Å². The number of benzene rings is 2. The van der Waals surface area contributed by atoms with E-state index < -0.39 is 41.8 Å². The third-order valence-electron chi connectivity index (χ3n) is 7.38. The molecule has 1 aromatic heterocycles. The van der Waals surface area contributed by atoms with Crippen LogP contribution < -0.4 is 30.7 Å². The average Bonchev–Trinajstić information content (AvgIpc) is 3.52. The second-order valence-corrected chi connectivity index (χ2v) is 10.9. The van der Waals surface area contributed by atoms with Gasteiger partial charge in [-0.15, -0.1) is 0 Å². The van der Waals surface area contributed by atoms with Crippen molar-refractivity contribution in [3.63, 3.8) is 0 Å². The molecule has 0 aliphatic carbocycles. The van der Waals surface area contributed by atoms with E-state index in [9.17, 15) is 19.2 Å². The normalized spacial score (nSPS) is 19.8. The van der Waals surface area contributed by atoms with E-state index in [0.717, 1.165) is 5.56 Å². The zero-order chi connectivity index (χ0) is 31.6. The Labute approximate surface area is 256 Å². The van der Waals surface area contributed by atoms with Crippen molar-refractivity contribution in [2.24, 2.45) is 5.92 Å². The van der Waals surface area contributed by atoms with Crippen LogP contribution in [0.3, 0.4) is 0 Å². The van der Waals surface area contributed by atoms with Crippen LogP contribution >= 0.6 is 0 Å². The predicted octanol–water partition coefficient (Wildman–Crippen LogP) is 2.94. The highest BCUT2D eigenvalue weighted by molar-refractivity contribution is 6.02. The zero-order valence-electron chi connectivity index (χ0n) is 25.3. The Hall–Kier alpha value is -4.87. The molecular weight excluding hydrogens is 566 g/mol. The lowest BCUT2D eigenvalue weighted by molar-refractivity contribution is -0.131. The molecule has 2 heterocycles. The summed E-state index contributed by atoms with van der Waals surface area (Å²) in [5.74, 6) is -1.50. The quantitative estimate of drug-likeness (QED) is 0.320. The molecule has 12 heteroatoms. The van der Waals surface area contributed by atoms with E-state index >= 15 is 0 Å². The van der Waals surface area contributed by atoms with Crippen molar-refractivity contribution in [3.05, 3.63) is 77.5 Å². The Bertz CT molecular complexity index is 1430. The van der Waals surface area contributed by atoms with Crippen LogP contribution in [0.15, 0.2) is 59.2 Å².